The van der Waals surface area contributed by atoms with Crippen LogP contribution in [-0.2, 0) is 16.0 Å². The summed E-state index contributed by atoms with van der Waals surface area (Å²) in [5.41, 5.74) is -0.747. The highest BCUT2D eigenvalue weighted by molar-refractivity contribution is 7.10. The maximum atomic E-state index is 11.8. The highest BCUT2D eigenvalue weighted by atomic mass is 32.1. The number of hydrogen-bond acceptors (Lipinski definition) is 3. The third-order valence-electron chi connectivity index (χ3n) is 3.80. The van der Waals surface area contributed by atoms with Gasteiger partial charge in [-0.2, -0.15) is 0 Å². The van der Waals surface area contributed by atoms with Gasteiger partial charge in [0.05, 0.1) is 11.8 Å². The van der Waals surface area contributed by atoms with E-state index in [1.165, 1.54) is 0 Å². The van der Waals surface area contributed by atoms with E-state index in [0.717, 1.165) is 24.1 Å². The highest BCUT2D eigenvalue weighted by Gasteiger charge is 2.39. The van der Waals surface area contributed by atoms with E-state index in [1.54, 1.807) is 11.3 Å². The standard InChI is InChI=1S/C14H19NO3S/c16-12(9-11-5-4-8-19-11)15-10-14(13(17)18)6-2-1-3-7-14/h4-5,8H,1-3,6-7,9-10H2,(H,15,16)(H,17,18). The summed E-state index contributed by atoms with van der Waals surface area (Å²) in [4.78, 5) is 24.3. The van der Waals surface area contributed by atoms with Crippen LogP contribution in [0.2, 0.25) is 0 Å². The molecule has 0 atom stereocenters. The molecule has 2 rings (SSSR count). The summed E-state index contributed by atoms with van der Waals surface area (Å²) in [5, 5.41) is 14.1. The number of amides is 1. The van der Waals surface area contributed by atoms with E-state index < -0.39 is 11.4 Å². The fourth-order valence-electron chi connectivity index (χ4n) is 2.60. The van der Waals surface area contributed by atoms with E-state index in [2.05, 4.69) is 5.32 Å². The molecule has 0 unspecified atom stereocenters. The van der Waals surface area contributed by atoms with Crippen molar-refractivity contribution in [1.29, 1.82) is 0 Å². The van der Waals surface area contributed by atoms with E-state index in [9.17, 15) is 14.7 Å². The Morgan fingerprint density at radius 3 is 2.63 bits per heavy atom. The lowest BCUT2D eigenvalue weighted by Crippen LogP contribution is -2.44. The zero-order valence-corrected chi connectivity index (χ0v) is 11.7. The Hall–Kier alpha value is -1.36. The number of nitrogens with one attached hydrogen (secondary N) is 1. The second-order valence-corrected chi connectivity index (χ2v) is 6.21. The van der Waals surface area contributed by atoms with Gasteiger partial charge in [-0.15, -0.1) is 11.3 Å². The van der Waals surface area contributed by atoms with Crippen LogP contribution in [0.5, 0.6) is 0 Å². The number of carboxylic acid groups (broad SMARTS) is 1. The zero-order chi connectivity index (χ0) is 13.7. The highest BCUT2D eigenvalue weighted by Crippen LogP contribution is 2.36. The summed E-state index contributed by atoms with van der Waals surface area (Å²) in [6, 6.07) is 3.82. The molecule has 0 spiro atoms. The average molecular weight is 281 g/mol. The number of thiophene rings is 1. The van der Waals surface area contributed by atoms with Crippen molar-refractivity contribution >= 4 is 23.2 Å². The molecule has 0 bridgehead atoms. The predicted octanol–water partition coefficient (Wildman–Crippen LogP) is 2.44. The molecule has 1 aromatic rings. The lowest BCUT2D eigenvalue weighted by Gasteiger charge is -2.33. The number of carboxylic acids is 1. The molecular weight excluding hydrogens is 262 g/mol. The smallest absolute Gasteiger partial charge is 0.311 e. The lowest BCUT2D eigenvalue weighted by molar-refractivity contribution is -0.151. The fraction of sp³-hybridized carbons (Fsp3) is 0.571. The summed E-state index contributed by atoms with van der Waals surface area (Å²) >= 11 is 1.54. The molecule has 104 valence electrons. The van der Waals surface area contributed by atoms with Crippen LogP contribution in [0.3, 0.4) is 0 Å². The molecule has 1 aliphatic carbocycles. The van der Waals surface area contributed by atoms with E-state index in [0.29, 0.717) is 19.3 Å². The summed E-state index contributed by atoms with van der Waals surface area (Å²) in [5.74, 6) is -0.864. The van der Waals surface area contributed by atoms with Gasteiger partial charge < -0.3 is 10.4 Å². The quantitative estimate of drug-likeness (QED) is 0.871. The first-order valence-electron chi connectivity index (χ1n) is 6.65. The van der Waals surface area contributed by atoms with E-state index in [1.807, 2.05) is 17.5 Å². The lowest BCUT2D eigenvalue weighted by atomic mass is 9.74. The average Bonchev–Trinajstić information content (AvgIpc) is 2.90. The maximum absolute atomic E-state index is 11.8. The maximum Gasteiger partial charge on any atom is 0.311 e. The number of rotatable bonds is 5. The van der Waals surface area contributed by atoms with Crippen molar-refractivity contribution in [2.45, 2.75) is 38.5 Å². The third kappa shape index (κ3) is 3.56. The van der Waals surface area contributed by atoms with Crippen LogP contribution in [0, 0.1) is 5.41 Å². The van der Waals surface area contributed by atoms with Crippen LogP contribution in [0.4, 0.5) is 0 Å². The minimum absolute atomic E-state index is 0.0892. The molecule has 1 heterocycles. The van der Waals surface area contributed by atoms with Crippen molar-refractivity contribution in [3.8, 4) is 0 Å². The van der Waals surface area contributed by atoms with Crippen LogP contribution >= 0.6 is 11.3 Å². The SMILES string of the molecule is O=C(Cc1cccs1)NCC1(C(=O)O)CCCCC1. The van der Waals surface area contributed by atoms with Crippen molar-refractivity contribution in [2.24, 2.45) is 5.41 Å². The van der Waals surface area contributed by atoms with Gasteiger partial charge in [0.2, 0.25) is 5.91 Å². The summed E-state index contributed by atoms with van der Waals surface area (Å²) in [6.45, 7) is 0.256. The fourth-order valence-corrected chi connectivity index (χ4v) is 3.30. The Kier molecular flexibility index (Phi) is 4.58. The largest absolute Gasteiger partial charge is 0.481 e. The summed E-state index contributed by atoms with van der Waals surface area (Å²) < 4.78 is 0. The number of carbonyl (C=O) groups excluding carboxylic acids is 1. The first kappa shape index (κ1) is 14.1. The molecule has 1 aliphatic rings. The monoisotopic (exact) mass is 281 g/mol. The van der Waals surface area contributed by atoms with Crippen LogP contribution in [0.15, 0.2) is 17.5 Å². The number of carbonyl (C=O) groups is 2. The third-order valence-corrected chi connectivity index (χ3v) is 4.68. The molecule has 4 nitrogen and oxygen atoms in total. The molecule has 1 aromatic heterocycles. The molecular formula is C14H19NO3S. The first-order valence-corrected chi connectivity index (χ1v) is 7.53. The van der Waals surface area contributed by atoms with Gasteiger partial charge >= 0.3 is 5.97 Å². The predicted molar refractivity (Wildman–Crippen MR) is 74.2 cm³/mol. The van der Waals surface area contributed by atoms with Crippen molar-refractivity contribution in [1.82, 2.24) is 5.32 Å². The van der Waals surface area contributed by atoms with E-state index in [-0.39, 0.29) is 12.5 Å². The Morgan fingerprint density at radius 2 is 2.05 bits per heavy atom. The van der Waals surface area contributed by atoms with Crippen LogP contribution in [-0.4, -0.2) is 23.5 Å². The molecule has 1 amide bonds. The van der Waals surface area contributed by atoms with Gasteiger partial charge in [-0.05, 0) is 24.3 Å². The number of aliphatic carboxylic acids is 1. The Bertz CT molecular complexity index is 436. The van der Waals surface area contributed by atoms with Gasteiger partial charge in [0.25, 0.3) is 0 Å². The first-order chi connectivity index (χ1) is 9.12. The van der Waals surface area contributed by atoms with Crippen molar-refractivity contribution in [3.05, 3.63) is 22.4 Å². The van der Waals surface area contributed by atoms with Gasteiger partial charge in [0, 0.05) is 11.4 Å². The van der Waals surface area contributed by atoms with Gasteiger partial charge in [0.1, 0.15) is 0 Å². The van der Waals surface area contributed by atoms with Crippen molar-refractivity contribution in [2.75, 3.05) is 6.54 Å². The summed E-state index contributed by atoms with van der Waals surface area (Å²) in [6.07, 6.45) is 4.65. The van der Waals surface area contributed by atoms with Crippen LogP contribution < -0.4 is 5.32 Å². The molecule has 0 aliphatic heterocycles. The normalized spacial score (nSPS) is 17.9. The Labute approximate surface area is 116 Å². The molecule has 0 aromatic carbocycles. The van der Waals surface area contributed by atoms with Crippen LogP contribution in [0.1, 0.15) is 37.0 Å². The van der Waals surface area contributed by atoms with Crippen molar-refractivity contribution < 1.29 is 14.7 Å². The second kappa shape index (κ2) is 6.19. The topological polar surface area (TPSA) is 66.4 Å². The zero-order valence-electron chi connectivity index (χ0n) is 10.9. The minimum Gasteiger partial charge on any atom is -0.481 e. The molecule has 0 radical (unpaired) electrons. The molecule has 1 saturated carbocycles. The second-order valence-electron chi connectivity index (χ2n) is 5.18. The Morgan fingerprint density at radius 1 is 1.32 bits per heavy atom. The van der Waals surface area contributed by atoms with Gasteiger partial charge in [-0.25, -0.2) is 0 Å². The number of hydrogen-bond donors (Lipinski definition) is 2. The molecule has 19 heavy (non-hydrogen) atoms. The van der Waals surface area contributed by atoms with E-state index in [4.69, 9.17) is 0 Å². The Balaban J connectivity index is 1.88. The van der Waals surface area contributed by atoms with Gasteiger partial charge in [-0.1, -0.05) is 25.3 Å². The molecule has 5 heteroatoms. The van der Waals surface area contributed by atoms with E-state index >= 15 is 0 Å². The molecule has 1 fully saturated rings. The molecule has 2 N–H and O–H groups in total. The van der Waals surface area contributed by atoms with Crippen molar-refractivity contribution in [3.63, 3.8) is 0 Å². The molecule has 0 saturated heterocycles. The van der Waals surface area contributed by atoms with Gasteiger partial charge in [0.15, 0.2) is 0 Å². The summed E-state index contributed by atoms with van der Waals surface area (Å²) in [7, 11) is 0. The minimum atomic E-state index is -0.774. The van der Waals surface area contributed by atoms with Crippen LogP contribution in [0.25, 0.3) is 0 Å². The van der Waals surface area contributed by atoms with Gasteiger partial charge in [-0.3, -0.25) is 9.59 Å².